The number of carbonyl (C=O) groups excluding carboxylic acids is 2. The predicted octanol–water partition coefficient (Wildman–Crippen LogP) is 3.40. The number of nitrogens with one attached hydrogen (secondary N) is 1. The normalized spacial score (nSPS) is 10.4. The van der Waals surface area contributed by atoms with E-state index in [0.717, 1.165) is 10.6 Å². The highest BCUT2D eigenvalue weighted by Crippen LogP contribution is 2.15. The molecule has 0 heterocycles. The van der Waals surface area contributed by atoms with Crippen molar-refractivity contribution in [3.63, 3.8) is 0 Å². The summed E-state index contributed by atoms with van der Waals surface area (Å²) in [6, 6.07) is 7.10. The van der Waals surface area contributed by atoms with E-state index in [9.17, 15) is 9.59 Å². The molecule has 0 fully saturated rings. The van der Waals surface area contributed by atoms with Gasteiger partial charge in [0.15, 0.2) is 0 Å². The first-order valence-electron chi connectivity index (χ1n) is 6.84. The van der Waals surface area contributed by atoms with Gasteiger partial charge in [0.25, 0.3) is 0 Å². The van der Waals surface area contributed by atoms with E-state index in [1.807, 2.05) is 19.1 Å². The van der Waals surface area contributed by atoms with Gasteiger partial charge in [0.05, 0.1) is 17.9 Å². The molecule has 0 aliphatic carbocycles. The number of hydrogen-bond donors (Lipinski definition) is 1. The minimum Gasteiger partial charge on any atom is -0.446 e. The number of anilines is 1. The van der Waals surface area contributed by atoms with E-state index in [2.05, 4.69) is 5.43 Å². The molecule has 0 aliphatic heterocycles. The van der Waals surface area contributed by atoms with Crippen LogP contribution in [0.5, 0.6) is 0 Å². The standard InChI is InChI=1S/C15H22N2O4/c1-10(2)20-14(18)16-17(15(19)21-11(3)4)13-8-6-12(5)7-9-13/h6-11H,1-5H3,(H,16,18). The number of benzene rings is 1. The van der Waals surface area contributed by atoms with Crippen LogP contribution in [0.3, 0.4) is 0 Å². The number of carbonyl (C=O) groups is 2. The topological polar surface area (TPSA) is 67.9 Å². The maximum atomic E-state index is 12.1. The molecule has 1 aromatic rings. The summed E-state index contributed by atoms with van der Waals surface area (Å²) in [5, 5.41) is 1.03. The number of rotatable bonds is 3. The molecule has 0 saturated carbocycles. The van der Waals surface area contributed by atoms with E-state index < -0.39 is 12.2 Å². The lowest BCUT2D eigenvalue weighted by Crippen LogP contribution is -2.48. The number of hydrazine groups is 1. The highest BCUT2D eigenvalue weighted by molar-refractivity contribution is 5.90. The highest BCUT2D eigenvalue weighted by Gasteiger charge is 2.22. The second-order valence-electron chi connectivity index (χ2n) is 5.17. The molecule has 0 aromatic heterocycles. The smallest absolute Gasteiger partial charge is 0.433 e. The van der Waals surface area contributed by atoms with Crippen LogP contribution in [0.25, 0.3) is 0 Å². The number of nitrogens with zero attached hydrogens (tertiary/aromatic N) is 1. The van der Waals surface area contributed by atoms with E-state index in [4.69, 9.17) is 9.47 Å². The van der Waals surface area contributed by atoms with Gasteiger partial charge in [-0.2, -0.15) is 5.01 Å². The molecule has 0 radical (unpaired) electrons. The fraction of sp³-hybridized carbons (Fsp3) is 0.467. The van der Waals surface area contributed by atoms with Gasteiger partial charge in [0.1, 0.15) is 0 Å². The summed E-state index contributed by atoms with van der Waals surface area (Å²) in [5.74, 6) is 0. The van der Waals surface area contributed by atoms with Gasteiger partial charge in [0, 0.05) is 0 Å². The Balaban J connectivity index is 2.91. The van der Waals surface area contributed by atoms with Gasteiger partial charge in [-0.15, -0.1) is 0 Å². The molecule has 0 atom stereocenters. The summed E-state index contributed by atoms with van der Waals surface area (Å²) in [6.07, 6.45) is -1.97. The van der Waals surface area contributed by atoms with Crippen molar-refractivity contribution >= 4 is 17.9 Å². The molecule has 0 unspecified atom stereocenters. The Labute approximate surface area is 125 Å². The van der Waals surface area contributed by atoms with Crippen LogP contribution in [-0.2, 0) is 9.47 Å². The Morgan fingerprint density at radius 3 is 2.00 bits per heavy atom. The summed E-state index contributed by atoms with van der Waals surface area (Å²) >= 11 is 0. The molecule has 21 heavy (non-hydrogen) atoms. The minimum absolute atomic E-state index is 0.286. The average molecular weight is 294 g/mol. The van der Waals surface area contributed by atoms with Gasteiger partial charge in [-0.3, -0.25) is 0 Å². The van der Waals surface area contributed by atoms with Gasteiger partial charge >= 0.3 is 12.2 Å². The SMILES string of the molecule is Cc1ccc(N(NC(=O)OC(C)C)C(=O)OC(C)C)cc1. The van der Waals surface area contributed by atoms with Crippen LogP contribution in [0.2, 0.25) is 0 Å². The first kappa shape index (κ1) is 16.8. The van der Waals surface area contributed by atoms with E-state index >= 15 is 0 Å². The third-order valence-electron chi connectivity index (χ3n) is 2.36. The zero-order valence-electron chi connectivity index (χ0n) is 13.0. The molecule has 0 aliphatic rings. The van der Waals surface area contributed by atoms with Crippen LogP contribution in [-0.4, -0.2) is 24.4 Å². The molecule has 6 nitrogen and oxygen atoms in total. The Morgan fingerprint density at radius 1 is 1.00 bits per heavy atom. The number of hydrogen-bond acceptors (Lipinski definition) is 4. The van der Waals surface area contributed by atoms with Crippen molar-refractivity contribution in [2.75, 3.05) is 5.01 Å². The van der Waals surface area contributed by atoms with Gasteiger partial charge in [-0.1, -0.05) is 17.7 Å². The molecular weight excluding hydrogens is 272 g/mol. The van der Waals surface area contributed by atoms with Crippen LogP contribution in [0.1, 0.15) is 33.3 Å². The fourth-order valence-corrected chi connectivity index (χ4v) is 1.50. The molecule has 0 saturated heterocycles. The first-order chi connectivity index (χ1) is 9.79. The maximum absolute atomic E-state index is 12.1. The Kier molecular flexibility index (Phi) is 6.02. The Hall–Kier alpha value is -2.24. The maximum Gasteiger partial charge on any atom is 0.433 e. The van der Waals surface area contributed by atoms with Crippen molar-refractivity contribution in [2.45, 2.75) is 46.8 Å². The quantitative estimate of drug-likeness (QED) is 0.868. The molecule has 1 rings (SSSR count). The van der Waals surface area contributed by atoms with Crippen LogP contribution in [0, 0.1) is 6.92 Å². The lowest BCUT2D eigenvalue weighted by atomic mass is 10.2. The highest BCUT2D eigenvalue weighted by atomic mass is 16.6. The first-order valence-corrected chi connectivity index (χ1v) is 6.84. The van der Waals surface area contributed by atoms with Crippen LogP contribution in [0.15, 0.2) is 24.3 Å². The Bertz CT molecular complexity index is 483. The zero-order valence-corrected chi connectivity index (χ0v) is 13.0. The van der Waals surface area contributed by atoms with E-state index in [1.54, 1.807) is 39.8 Å². The second kappa shape index (κ2) is 7.52. The van der Waals surface area contributed by atoms with E-state index in [-0.39, 0.29) is 12.2 Å². The number of ether oxygens (including phenoxy) is 2. The van der Waals surface area contributed by atoms with Gasteiger partial charge < -0.3 is 9.47 Å². The van der Waals surface area contributed by atoms with Crippen molar-refractivity contribution in [1.82, 2.24) is 5.43 Å². The Morgan fingerprint density at radius 2 is 1.52 bits per heavy atom. The monoisotopic (exact) mass is 294 g/mol. The van der Waals surface area contributed by atoms with Crippen molar-refractivity contribution in [2.24, 2.45) is 0 Å². The summed E-state index contributed by atoms with van der Waals surface area (Å²) in [5.41, 5.74) is 3.92. The van der Waals surface area contributed by atoms with Crippen LogP contribution < -0.4 is 10.4 Å². The van der Waals surface area contributed by atoms with E-state index in [1.165, 1.54) is 0 Å². The largest absolute Gasteiger partial charge is 0.446 e. The molecule has 116 valence electrons. The van der Waals surface area contributed by atoms with Gasteiger partial charge in [-0.25, -0.2) is 15.0 Å². The zero-order chi connectivity index (χ0) is 16.0. The minimum atomic E-state index is -0.716. The third kappa shape index (κ3) is 5.72. The van der Waals surface area contributed by atoms with Crippen LogP contribution in [0.4, 0.5) is 15.3 Å². The third-order valence-corrected chi connectivity index (χ3v) is 2.36. The lowest BCUT2D eigenvalue weighted by molar-refractivity contribution is 0.103. The molecule has 2 amide bonds. The molecule has 6 heteroatoms. The molecule has 1 N–H and O–H groups in total. The lowest BCUT2D eigenvalue weighted by Gasteiger charge is -2.24. The van der Waals surface area contributed by atoms with Gasteiger partial charge in [0.2, 0.25) is 0 Å². The number of aryl methyl sites for hydroxylation is 1. The van der Waals surface area contributed by atoms with Crippen molar-refractivity contribution in [3.05, 3.63) is 29.8 Å². The van der Waals surface area contributed by atoms with Gasteiger partial charge in [-0.05, 0) is 46.8 Å². The molecule has 1 aromatic carbocycles. The van der Waals surface area contributed by atoms with Crippen molar-refractivity contribution < 1.29 is 19.1 Å². The van der Waals surface area contributed by atoms with Crippen LogP contribution >= 0.6 is 0 Å². The average Bonchev–Trinajstić information content (AvgIpc) is 2.35. The molecule has 0 spiro atoms. The summed E-state index contributed by atoms with van der Waals surface area (Å²) in [6.45, 7) is 8.85. The second-order valence-corrected chi connectivity index (χ2v) is 5.17. The van der Waals surface area contributed by atoms with E-state index in [0.29, 0.717) is 5.69 Å². The number of amides is 2. The summed E-state index contributed by atoms with van der Waals surface area (Å²) in [4.78, 5) is 23.8. The summed E-state index contributed by atoms with van der Waals surface area (Å²) in [7, 11) is 0. The summed E-state index contributed by atoms with van der Waals surface area (Å²) < 4.78 is 10.1. The molecule has 0 bridgehead atoms. The van der Waals surface area contributed by atoms with Crippen molar-refractivity contribution in [1.29, 1.82) is 0 Å². The fourth-order valence-electron chi connectivity index (χ4n) is 1.50. The predicted molar refractivity (Wildman–Crippen MR) is 80.0 cm³/mol. The van der Waals surface area contributed by atoms with Crippen molar-refractivity contribution in [3.8, 4) is 0 Å². The molecular formula is C15H22N2O4.